The molecule has 1 heterocycles. The number of alkyl halides is 1. The third-order valence-corrected chi connectivity index (χ3v) is 4.39. The maximum Gasteiger partial charge on any atom is 0.124 e. The Bertz CT molecular complexity index is 539. The van der Waals surface area contributed by atoms with E-state index in [-0.39, 0.29) is 0 Å². The highest BCUT2D eigenvalue weighted by molar-refractivity contribution is 7.98. The molecule has 0 spiro atoms. The lowest BCUT2D eigenvalue weighted by atomic mass is 10.2. The average molecular weight is 317 g/mol. The zero-order chi connectivity index (χ0) is 13.7. The lowest BCUT2D eigenvalue weighted by Crippen LogP contribution is -2.03. The average Bonchev–Trinajstić information content (AvgIpc) is 2.78. The topological polar surface area (TPSA) is 17.8 Å². The summed E-state index contributed by atoms with van der Waals surface area (Å²) in [6.07, 6.45) is 5.78. The van der Waals surface area contributed by atoms with Gasteiger partial charge >= 0.3 is 0 Å². The molecule has 2 aromatic rings. The molecule has 2 rings (SSSR count). The Hall–Kier alpha value is -0.380. The number of aryl methyl sites for hydroxylation is 1. The number of rotatable bonds is 7. The minimum atomic E-state index is 0.426. The first-order chi connectivity index (χ1) is 9.27. The zero-order valence-electron chi connectivity index (χ0n) is 11.0. The number of para-hydroxylation sites is 1. The quantitative estimate of drug-likeness (QED) is 0.530. The van der Waals surface area contributed by atoms with Crippen LogP contribution in [0.2, 0.25) is 5.02 Å². The summed E-state index contributed by atoms with van der Waals surface area (Å²) < 4.78 is 2.17. The van der Waals surface area contributed by atoms with Crippen LogP contribution in [-0.2, 0) is 12.4 Å². The summed E-state index contributed by atoms with van der Waals surface area (Å²) in [5.41, 5.74) is 1.96. The molecular formula is C14H18Cl2N2S. The van der Waals surface area contributed by atoms with Gasteiger partial charge in [-0.15, -0.1) is 11.6 Å². The van der Waals surface area contributed by atoms with Crippen molar-refractivity contribution >= 4 is 46.0 Å². The molecule has 0 N–H and O–H groups in total. The van der Waals surface area contributed by atoms with Gasteiger partial charge in [0.25, 0.3) is 0 Å². The van der Waals surface area contributed by atoms with Crippen LogP contribution in [0, 0.1) is 0 Å². The van der Waals surface area contributed by atoms with E-state index in [2.05, 4.69) is 15.8 Å². The second-order valence-corrected chi connectivity index (χ2v) is 6.13. The van der Waals surface area contributed by atoms with Crippen LogP contribution in [0.15, 0.2) is 18.2 Å². The zero-order valence-corrected chi connectivity index (χ0v) is 13.4. The Balaban J connectivity index is 2.15. The molecule has 0 aliphatic heterocycles. The van der Waals surface area contributed by atoms with Crippen LogP contribution in [-0.4, -0.2) is 21.6 Å². The molecule has 0 atom stereocenters. The van der Waals surface area contributed by atoms with E-state index in [1.165, 1.54) is 18.6 Å². The number of nitrogens with zero attached hydrogens (tertiary/aromatic N) is 2. The molecule has 0 bridgehead atoms. The fourth-order valence-electron chi connectivity index (χ4n) is 2.23. The van der Waals surface area contributed by atoms with Crippen LogP contribution in [0.25, 0.3) is 11.0 Å². The predicted molar refractivity (Wildman–Crippen MR) is 86.5 cm³/mol. The third-order valence-electron chi connectivity index (χ3n) is 3.15. The van der Waals surface area contributed by atoms with Gasteiger partial charge in [0.2, 0.25) is 0 Å². The van der Waals surface area contributed by atoms with Gasteiger partial charge < -0.3 is 4.57 Å². The third kappa shape index (κ3) is 3.59. The molecule has 5 heteroatoms. The molecule has 0 amide bonds. The minimum absolute atomic E-state index is 0.426. The highest BCUT2D eigenvalue weighted by atomic mass is 35.5. The molecule has 0 saturated carbocycles. The maximum absolute atomic E-state index is 6.29. The smallest absolute Gasteiger partial charge is 0.124 e. The summed E-state index contributed by atoms with van der Waals surface area (Å²) in [6.45, 7) is 0.941. The van der Waals surface area contributed by atoms with Crippen LogP contribution in [0.1, 0.15) is 25.1 Å². The first-order valence-corrected chi connectivity index (χ1v) is 8.77. The van der Waals surface area contributed by atoms with Crippen LogP contribution in [0.4, 0.5) is 0 Å². The van der Waals surface area contributed by atoms with Crippen molar-refractivity contribution in [3.8, 4) is 0 Å². The van der Waals surface area contributed by atoms with Crippen molar-refractivity contribution in [1.82, 2.24) is 9.55 Å². The monoisotopic (exact) mass is 316 g/mol. The van der Waals surface area contributed by atoms with Crippen LogP contribution >= 0.6 is 35.0 Å². The van der Waals surface area contributed by atoms with Crippen molar-refractivity contribution in [2.75, 3.05) is 12.0 Å². The Labute approximate surface area is 128 Å². The molecule has 0 fully saturated rings. The van der Waals surface area contributed by atoms with E-state index in [0.717, 1.165) is 34.8 Å². The van der Waals surface area contributed by atoms with Gasteiger partial charge in [-0.25, -0.2) is 4.98 Å². The predicted octanol–water partition coefficient (Wildman–Crippen LogP) is 4.96. The van der Waals surface area contributed by atoms with Crippen molar-refractivity contribution in [3.05, 3.63) is 29.0 Å². The van der Waals surface area contributed by atoms with E-state index in [0.29, 0.717) is 5.88 Å². The number of unbranched alkanes of at least 4 members (excludes halogenated alkanes) is 2. The van der Waals surface area contributed by atoms with Gasteiger partial charge in [0.15, 0.2) is 0 Å². The number of hydrogen-bond acceptors (Lipinski definition) is 2. The second kappa shape index (κ2) is 7.41. The number of benzene rings is 1. The highest BCUT2D eigenvalue weighted by Gasteiger charge is 2.12. The van der Waals surface area contributed by atoms with Gasteiger partial charge in [-0.3, -0.25) is 0 Å². The van der Waals surface area contributed by atoms with Crippen molar-refractivity contribution in [3.63, 3.8) is 0 Å². The standard InChI is InChI=1S/C14H18Cl2N2S/c1-19-9-4-2-3-8-18-13(10-15)17-12-7-5-6-11(16)14(12)18/h5-7H,2-4,8-10H2,1H3. The number of hydrogen-bond donors (Lipinski definition) is 0. The van der Waals surface area contributed by atoms with Gasteiger partial charge in [-0.1, -0.05) is 24.1 Å². The lowest BCUT2D eigenvalue weighted by Gasteiger charge is -2.08. The summed E-state index contributed by atoms with van der Waals surface area (Å²) in [5.74, 6) is 2.57. The summed E-state index contributed by atoms with van der Waals surface area (Å²) in [5, 5.41) is 0.755. The van der Waals surface area contributed by atoms with Crippen molar-refractivity contribution in [2.45, 2.75) is 31.7 Å². The number of halogens is 2. The van der Waals surface area contributed by atoms with Crippen molar-refractivity contribution in [1.29, 1.82) is 0 Å². The molecule has 0 saturated heterocycles. The SMILES string of the molecule is CSCCCCCn1c(CCl)nc2cccc(Cl)c21. The van der Waals surface area contributed by atoms with E-state index in [4.69, 9.17) is 23.2 Å². The Kier molecular flexibility index (Phi) is 5.86. The largest absolute Gasteiger partial charge is 0.326 e. The van der Waals surface area contributed by atoms with Gasteiger partial charge in [0.1, 0.15) is 5.82 Å². The number of imidazole rings is 1. The fraction of sp³-hybridized carbons (Fsp3) is 0.500. The van der Waals surface area contributed by atoms with Gasteiger partial charge in [0.05, 0.1) is 21.9 Å². The Morgan fingerprint density at radius 3 is 2.84 bits per heavy atom. The highest BCUT2D eigenvalue weighted by Crippen LogP contribution is 2.25. The number of aromatic nitrogens is 2. The summed E-state index contributed by atoms with van der Waals surface area (Å²) >= 11 is 14.2. The van der Waals surface area contributed by atoms with E-state index >= 15 is 0 Å². The van der Waals surface area contributed by atoms with E-state index in [1.54, 1.807) is 0 Å². The lowest BCUT2D eigenvalue weighted by molar-refractivity contribution is 0.602. The number of fused-ring (bicyclic) bond motifs is 1. The summed E-state index contributed by atoms with van der Waals surface area (Å²) in [6, 6.07) is 5.83. The molecular weight excluding hydrogens is 299 g/mol. The summed E-state index contributed by atoms with van der Waals surface area (Å²) in [4.78, 5) is 4.55. The van der Waals surface area contributed by atoms with Crippen molar-refractivity contribution in [2.24, 2.45) is 0 Å². The van der Waals surface area contributed by atoms with Crippen LogP contribution in [0.3, 0.4) is 0 Å². The Morgan fingerprint density at radius 1 is 1.26 bits per heavy atom. The molecule has 19 heavy (non-hydrogen) atoms. The maximum atomic E-state index is 6.29. The molecule has 0 aliphatic carbocycles. The molecule has 0 aliphatic rings. The Morgan fingerprint density at radius 2 is 2.11 bits per heavy atom. The fourth-order valence-corrected chi connectivity index (χ4v) is 3.19. The molecule has 0 radical (unpaired) electrons. The van der Waals surface area contributed by atoms with Gasteiger partial charge in [-0.05, 0) is 37.0 Å². The normalized spacial score (nSPS) is 11.3. The molecule has 0 unspecified atom stereocenters. The van der Waals surface area contributed by atoms with E-state index in [1.807, 2.05) is 30.0 Å². The first kappa shape index (κ1) is 15.0. The van der Waals surface area contributed by atoms with Crippen LogP contribution < -0.4 is 0 Å². The van der Waals surface area contributed by atoms with Gasteiger partial charge in [0, 0.05) is 6.54 Å². The molecule has 1 aromatic heterocycles. The second-order valence-electron chi connectivity index (χ2n) is 4.47. The van der Waals surface area contributed by atoms with E-state index in [9.17, 15) is 0 Å². The minimum Gasteiger partial charge on any atom is -0.326 e. The molecule has 104 valence electrons. The van der Waals surface area contributed by atoms with Gasteiger partial charge in [-0.2, -0.15) is 11.8 Å². The van der Waals surface area contributed by atoms with E-state index < -0.39 is 0 Å². The number of thioether (sulfide) groups is 1. The van der Waals surface area contributed by atoms with Crippen LogP contribution in [0.5, 0.6) is 0 Å². The van der Waals surface area contributed by atoms with Crippen molar-refractivity contribution < 1.29 is 0 Å². The molecule has 1 aromatic carbocycles. The summed E-state index contributed by atoms with van der Waals surface area (Å²) in [7, 11) is 0. The molecule has 2 nitrogen and oxygen atoms in total. The first-order valence-electron chi connectivity index (χ1n) is 6.46.